The number of carbonyl (C=O) groups is 1. The molecule has 0 radical (unpaired) electrons. The fourth-order valence-corrected chi connectivity index (χ4v) is 3.09. The summed E-state index contributed by atoms with van der Waals surface area (Å²) in [5, 5.41) is 5.91. The van der Waals surface area contributed by atoms with Gasteiger partial charge in [0.05, 0.1) is 5.69 Å². The molecule has 3 aromatic rings. The predicted molar refractivity (Wildman–Crippen MR) is 104 cm³/mol. The Balaban J connectivity index is 1.64. The molecule has 0 atom stereocenters. The van der Waals surface area contributed by atoms with Crippen molar-refractivity contribution in [1.82, 2.24) is 4.98 Å². The summed E-state index contributed by atoms with van der Waals surface area (Å²) in [6.07, 6.45) is 3.25. The minimum absolute atomic E-state index is 0.213. The Labute approximate surface area is 157 Å². The number of anilines is 1. The van der Waals surface area contributed by atoms with Crippen LogP contribution in [-0.2, 0) is 4.79 Å². The Morgan fingerprint density at radius 2 is 1.83 bits per heavy atom. The van der Waals surface area contributed by atoms with Crippen LogP contribution in [0.3, 0.4) is 0 Å². The van der Waals surface area contributed by atoms with Gasteiger partial charge in [-0.1, -0.05) is 51.8 Å². The van der Waals surface area contributed by atoms with E-state index in [0.717, 1.165) is 21.3 Å². The Kier molecular flexibility index (Phi) is 5.45. The van der Waals surface area contributed by atoms with Crippen molar-refractivity contribution in [3.63, 3.8) is 0 Å². The van der Waals surface area contributed by atoms with Gasteiger partial charge in [-0.15, -0.1) is 11.3 Å². The summed E-state index contributed by atoms with van der Waals surface area (Å²) in [7, 11) is 0. The number of amides is 1. The highest BCUT2D eigenvalue weighted by molar-refractivity contribution is 9.10. The van der Waals surface area contributed by atoms with Crippen molar-refractivity contribution in [1.29, 1.82) is 0 Å². The van der Waals surface area contributed by atoms with Crippen LogP contribution >= 0.6 is 38.9 Å². The van der Waals surface area contributed by atoms with Crippen LogP contribution in [-0.4, -0.2) is 10.9 Å². The van der Waals surface area contributed by atoms with Crippen LogP contribution in [0.15, 0.2) is 64.5 Å². The van der Waals surface area contributed by atoms with E-state index in [1.54, 1.807) is 6.08 Å². The molecule has 1 amide bonds. The molecule has 0 bridgehead atoms. The van der Waals surface area contributed by atoms with Crippen molar-refractivity contribution < 1.29 is 4.79 Å². The van der Waals surface area contributed by atoms with Gasteiger partial charge in [0.15, 0.2) is 5.13 Å². The maximum atomic E-state index is 12.0. The maximum Gasteiger partial charge on any atom is 0.250 e. The number of benzene rings is 2. The smallest absolute Gasteiger partial charge is 0.250 e. The van der Waals surface area contributed by atoms with Crippen molar-refractivity contribution >= 4 is 56.0 Å². The lowest BCUT2D eigenvalue weighted by atomic mass is 10.2. The normalized spacial score (nSPS) is 10.9. The second-order valence-corrected chi connectivity index (χ2v) is 7.13. The van der Waals surface area contributed by atoms with Gasteiger partial charge in [0.1, 0.15) is 0 Å². The number of nitrogens with zero attached hydrogens (tertiary/aromatic N) is 1. The zero-order chi connectivity index (χ0) is 16.9. The van der Waals surface area contributed by atoms with E-state index >= 15 is 0 Å². The predicted octanol–water partition coefficient (Wildman–Crippen LogP) is 5.88. The highest BCUT2D eigenvalue weighted by atomic mass is 79.9. The van der Waals surface area contributed by atoms with Gasteiger partial charge >= 0.3 is 0 Å². The molecule has 120 valence electrons. The molecule has 0 saturated carbocycles. The fraction of sp³-hybridized carbons (Fsp3) is 0. The molecule has 0 spiro atoms. The Bertz CT molecular complexity index is 873. The van der Waals surface area contributed by atoms with Crippen LogP contribution < -0.4 is 5.32 Å². The minimum atomic E-state index is -0.213. The van der Waals surface area contributed by atoms with E-state index in [0.29, 0.717) is 10.2 Å². The van der Waals surface area contributed by atoms with E-state index in [-0.39, 0.29) is 5.91 Å². The molecule has 0 saturated heterocycles. The lowest BCUT2D eigenvalue weighted by Crippen LogP contribution is -2.07. The van der Waals surface area contributed by atoms with Crippen LogP contribution in [0.25, 0.3) is 17.3 Å². The highest BCUT2D eigenvalue weighted by Gasteiger charge is 2.06. The van der Waals surface area contributed by atoms with E-state index in [1.165, 1.54) is 17.4 Å². The standard InChI is InChI=1S/C18H12BrClN2OS/c19-14-6-1-12(2-7-14)3-10-17(23)22-18-21-16(11-24-18)13-4-8-15(20)9-5-13/h1-11H,(H,21,22,23)/b10-3+. The summed E-state index contributed by atoms with van der Waals surface area (Å²) in [6, 6.07) is 15.1. The monoisotopic (exact) mass is 418 g/mol. The van der Waals surface area contributed by atoms with Crippen molar-refractivity contribution in [2.24, 2.45) is 0 Å². The molecule has 3 rings (SSSR count). The van der Waals surface area contributed by atoms with E-state index < -0.39 is 0 Å². The van der Waals surface area contributed by atoms with Crippen molar-refractivity contribution in [2.75, 3.05) is 5.32 Å². The summed E-state index contributed by atoms with van der Waals surface area (Å²) in [4.78, 5) is 16.4. The zero-order valence-electron chi connectivity index (χ0n) is 12.4. The molecule has 3 nitrogen and oxygen atoms in total. The van der Waals surface area contributed by atoms with E-state index in [2.05, 4.69) is 26.2 Å². The molecule has 0 aliphatic carbocycles. The molecule has 1 heterocycles. The van der Waals surface area contributed by atoms with Gasteiger partial charge in [0.25, 0.3) is 0 Å². The molecular formula is C18H12BrClN2OS. The first-order valence-electron chi connectivity index (χ1n) is 7.06. The largest absolute Gasteiger partial charge is 0.298 e. The minimum Gasteiger partial charge on any atom is -0.298 e. The number of carbonyl (C=O) groups excluding carboxylic acids is 1. The second-order valence-electron chi connectivity index (χ2n) is 4.92. The quantitative estimate of drug-likeness (QED) is 0.537. The van der Waals surface area contributed by atoms with Crippen molar-refractivity contribution in [2.45, 2.75) is 0 Å². The molecule has 0 aliphatic rings. The summed E-state index contributed by atoms with van der Waals surface area (Å²) < 4.78 is 1.00. The average Bonchev–Trinajstić information content (AvgIpc) is 3.03. The van der Waals surface area contributed by atoms with Crippen LogP contribution in [0.2, 0.25) is 5.02 Å². The zero-order valence-corrected chi connectivity index (χ0v) is 15.5. The number of rotatable bonds is 4. The molecule has 0 aliphatic heterocycles. The number of nitrogens with one attached hydrogen (secondary N) is 1. The molecule has 6 heteroatoms. The van der Waals surface area contributed by atoms with Crippen LogP contribution in [0.1, 0.15) is 5.56 Å². The maximum absolute atomic E-state index is 12.0. The Morgan fingerprint density at radius 3 is 2.54 bits per heavy atom. The van der Waals surface area contributed by atoms with Crippen molar-refractivity contribution in [3.8, 4) is 11.3 Å². The van der Waals surface area contributed by atoms with Gasteiger partial charge in [-0.3, -0.25) is 10.1 Å². The Morgan fingerprint density at radius 1 is 1.12 bits per heavy atom. The third-order valence-corrected chi connectivity index (χ3v) is 4.71. The van der Waals surface area contributed by atoms with Gasteiger partial charge in [-0.05, 0) is 35.9 Å². The average molecular weight is 420 g/mol. The first kappa shape index (κ1) is 16.9. The van der Waals surface area contributed by atoms with E-state index in [4.69, 9.17) is 11.6 Å². The molecule has 24 heavy (non-hydrogen) atoms. The Hall–Kier alpha value is -1.95. The number of hydrogen-bond donors (Lipinski definition) is 1. The molecular weight excluding hydrogens is 408 g/mol. The highest BCUT2D eigenvalue weighted by Crippen LogP contribution is 2.26. The van der Waals surface area contributed by atoms with E-state index in [9.17, 15) is 4.79 Å². The van der Waals surface area contributed by atoms with Gasteiger partial charge in [-0.25, -0.2) is 4.98 Å². The lowest BCUT2D eigenvalue weighted by Gasteiger charge is -1.98. The number of aromatic nitrogens is 1. The molecule has 1 N–H and O–H groups in total. The third-order valence-electron chi connectivity index (χ3n) is 3.17. The van der Waals surface area contributed by atoms with Crippen molar-refractivity contribution in [3.05, 3.63) is 75.0 Å². The lowest BCUT2D eigenvalue weighted by molar-refractivity contribution is -0.111. The number of hydrogen-bond acceptors (Lipinski definition) is 3. The third kappa shape index (κ3) is 4.54. The second kappa shape index (κ2) is 7.75. The number of halogens is 2. The topological polar surface area (TPSA) is 42.0 Å². The van der Waals surface area contributed by atoms with Crippen LogP contribution in [0.4, 0.5) is 5.13 Å². The summed E-state index contributed by atoms with van der Waals surface area (Å²) >= 11 is 10.6. The van der Waals surface area contributed by atoms with Gasteiger partial charge < -0.3 is 0 Å². The van der Waals surface area contributed by atoms with E-state index in [1.807, 2.05) is 53.9 Å². The SMILES string of the molecule is O=C(/C=C/c1ccc(Br)cc1)Nc1nc(-c2ccc(Cl)cc2)cs1. The fourth-order valence-electron chi connectivity index (χ4n) is 1.98. The van der Waals surface area contributed by atoms with Crippen LogP contribution in [0.5, 0.6) is 0 Å². The summed E-state index contributed by atoms with van der Waals surface area (Å²) in [5.41, 5.74) is 2.72. The first-order valence-corrected chi connectivity index (χ1v) is 9.11. The van der Waals surface area contributed by atoms with Gasteiger partial charge in [0, 0.05) is 26.5 Å². The molecule has 2 aromatic carbocycles. The summed E-state index contributed by atoms with van der Waals surface area (Å²) in [6.45, 7) is 0. The molecule has 0 fully saturated rings. The first-order chi connectivity index (χ1) is 11.6. The molecule has 1 aromatic heterocycles. The number of thiazole rings is 1. The van der Waals surface area contributed by atoms with Gasteiger partial charge in [-0.2, -0.15) is 0 Å². The van der Waals surface area contributed by atoms with Crippen LogP contribution in [0, 0.1) is 0 Å². The van der Waals surface area contributed by atoms with Gasteiger partial charge in [0.2, 0.25) is 5.91 Å². The summed E-state index contributed by atoms with van der Waals surface area (Å²) in [5.74, 6) is -0.213. The molecule has 0 unspecified atom stereocenters.